The van der Waals surface area contributed by atoms with Crippen LogP contribution in [-0.4, -0.2) is 131 Å². The Labute approximate surface area is 544 Å². The van der Waals surface area contributed by atoms with Crippen LogP contribution >= 0.6 is 15.9 Å². The molecule has 6 heterocycles. The van der Waals surface area contributed by atoms with E-state index in [0.717, 1.165) is 83.7 Å². The normalized spacial score (nSPS) is 11.1. The van der Waals surface area contributed by atoms with E-state index >= 15 is 0 Å². The lowest BCUT2D eigenvalue weighted by molar-refractivity contribution is -0.117. The summed E-state index contributed by atoms with van der Waals surface area (Å²) in [5.41, 5.74) is 8.62. The number of aromatic nitrogens is 6. The molecular weight excluding hydrogens is 1210 g/mol. The van der Waals surface area contributed by atoms with Crippen molar-refractivity contribution in [3.05, 3.63) is 240 Å². The van der Waals surface area contributed by atoms with Crippen molar-refractivity contribution in [2.45, 2.75) is 105 Å². The molecule has 91 heavy (non-hydrogen) atoms. The number of carbonyl (C=O) groups is 4. The maximum Gasteiger partial charge on any atom is 0.407 e. The summed E-state index contributed by atoms with van der Waals surface area (Å²) in [4.78, 5) is 81.3. The van der Waals surface area contributed by atoms with E-state index in [0.29, 0.717) is 64.3 Å². The zero-order chi connectivity index (χ0) is 64.9. The third-order valence-electron chi connectivity index (χ3n) is 13.1. The fourth-order valence-electron chi connectivity index (χ4n) is 8.84. The number of benzene rings is 2. The average molecular weight is 1300 g/mol. The first-order chi connectivity index (χ1) is 43.9. The van der Waals surface area contributed by atoms with Gasteiger partial charge in [-0.15, -0.1) is 0 Å². The molecule has 20 nitrogen and oxygen atoms in total. The second kappa shape index (κ2) is 39.3. The van der Waals surface area contributed by atoms with E-state index in [9.17, 15) is 19.2 Å². The SMILES string of the molecule is CC(C)(C)OC(=O)NCCc1ccc(NC(=O)CBr)cc1.CC(C)(C)OC(=O)NCCc1ccc(NC(=O)CN(CCN(Cc2ccccn2)Cc2ccccn2)Cc2ccccn2)cc1.c1ccc(CNCCN(Cc2ccccn2)Cc2ccccn2)nc1. The van der Waals surface area contributed by atoms with Gasteiger partial charge in [0.05, 0.1) is 46.0 Å². The van der Waals surface area contributed by atoms with Crippen molar-refractivity contribution in [3.63, 3.8) is 0 Å². The predicted molar refractivity (Wildman–Crippen MR) is 360 cm³/mol. The van der Waals surface area contributed by atoms with E-state index in [2.05, 4.69) is 99.3 Å². The minimum Gasteiger partial charge on any atom is -0.444 e. The van der Waals surface area contributed by atoms with Gasteiger partial charge in [-0.3, -0.25) is 54.2 Å². The summed E-state index contributed by atoms with van der Waals surface area (Å²) in [6.07, 6.45) is 11.4. The van der Waals surface area contributed by atoms with Crippen molar-refractivity contribution in [3.8, 4) is 0 Å². The molecule has 0 aliphatic carbocycles. The van der Waals surface area contributed by atoms with Crippen LogP contribution in [0.2, 0.25) is 0 Å². The highest BCUT2D eigenvalue weighted by atomic mass is 79.9. The summed E-state index contributed by atoms with van der Waals surface area (Å²) < 4.78 is 10.4. The number of anilines is 2. The molecule has 480 valence electrons. The molecule has 0 spiro atoms. The van der Waals surface area contributed by atoms with Crippen LogP contribution in [0, 0.1) is 0 Å². The van der Waals surface area contributed by atoms with Crippen LogP contribution < -0.4 is 26.6 Å². The molecule has 6 aromatic heterocycles. The zero-order valence-corrected chi connectivity index (χ0v) is 54.7. The highest BCUT2D eigenvalue weighted by Gasteiger charge is 2.19. The second-order valence-electron chi connectivity index (χ2n) is 23.2. The van der Waals surface area contributed by atoms with Gasteiger partial charge in [-0.2, -0.15) is 0 Å². The summed E-state index contributed by atoms with van der Waals surface area (Å²) in [7, 11) is 0. The average Bonchev–Trinajstić information content (AvgIpc) is 3.57. The number of rotatable bonds is 29. The number of alkyl carbamates (subject to hydrolysis) is 2. The van der Waals surface area contributed by atoms with E-state index in [1.807, 2.05) is 206 Å². The van der Waals surface area contributed by atoms with Crippen molar-refractivity contribution < 1.29 is 28.7 Å². The third-order valence-corrected chi connectivity index (χ3v) is 13.6. The van der Waals surface area contributed by atoms with Crippen molar-refractivity contribution in [2.24, 2.45) is 0 Å². The van der Waals surface area contributed by atoms with Crippen molar-refractivity contribution in [1.82, 2.24) is 60.6 Å². The maximum atomic E-state index is 13.2. The Morgan fingerprint density at radius 1 is 0.407 bits per heavy atom. The van der Waals surface area contributed by atoms with Gasteiger partial charge in [-0.1, -0.05) is 76.6 Å². The molecule has 0 radical (unpaired) electrons. The third kappa shape index (κ3) is 31.4. The zero-order valence-electron chi connectivity index (χ0n) is 53.1. The van der Waals surface area contributed by atoms with Gasteiger partial charge in [0.25, 0.3) is 0 Å². The quantitative estimate of drug-likeness (QED) is 0.0217. The van der Waals surface area contributed by atoms with Gasteiger partial charge in [-0.05, 0) is 163 Å². The summed E-state index contributed by atoms with van der Waals surface area (Å²) >= 11 is 3.09. The molecule has 0 saturated carbocycles. The number of nitrogens with zero attached hydrogens (tertiary/aromatic N) is 9. The van der Waals surface area contributed by atoms with Gasteiger partial charge in [-0.25, -0.2) is 9.59 Å². The molecule has 0 atom stereocenters. The summed E-state index contributed by atoms with van der Waals surface area (Å²) in [6, 6.07) is 50.9. The first kappa shape index (κ1) is 71.2. The van der Waals surface area contributed by atoms with Crippen LogP contribution in [0.15, 0.2) is 195 Å². The molecule has 0 unspecified atom stereocenters. The molecule has 0 bridgehead atoms. The molecule has 5 N–H and O–H groups in total. The number of amides is 4. The van der Waals surface area contributed by atoms with Crippen molar-refractivity contribution in [1.29, 1.82) is 0 Å². The van der Waals surface area contributed by atoms with Gasteiger partial charge in [0.15, 0.2) is 0 Å². The molecule has 0 aliphatic heterocycles. The number of hydrogen-bond acceptors (Lipinski definition) is 16. The molecule has 8 rings (SSSR count). The fraction of sp³-hybridized carbons (Fsp3) is 0.343. The van der Waals surface area contributed by atoms with Gasteiger partial charge >= 0.3 is 12.2 Å². The Kier molecular flexibility index (Phi) is 30.8. The molecule has 2 aromatic carbocycles. The highest BCUT2D eigenvalue weighted by Crippen LogP contribution is 2.15. The number of alkyl halides is 1. The van der Waals surface area contributed by atoms with Crippen LogP contribution in [0.25, 0.3) is 0 Å². The number of hydrogen-bond donors (Lipinski definition) is 5. The first-order valence-corrected chi connectivity index (χ1v) is 31.6. The summed E-state index contributed by atoms with van der Waals surface area (Å²) in [6.45, 7) is 19.6. The standard InChI is InChI=1S/C35H43N7O3.C20H23N5.C15H21BrN2O3/c1-35(2,3)45-34(44)39-21-17-28-13-15-29(16-14-28)40-33(43)27-42(26-32-12-6-9-20-38-32)23-22-41(24-30-10-4-7-18-36-30)25-31-11-5-8-19-37-31;1-4-10-22-18(7-1)15-21-13-14-25(16-19-8-2-5-11-23-19)17-20-9-3-6-12-24-20;1-15(2,3)21-14(20)17-9-8-11-4-6-12(7-5-11)18-13(19)10-16/h4-16,18-20H,17,21-27H2,1-3H3,(H,39,44)(H,40,43);1-12,21H,13-17H2;4-7H,8-10H2,1-3H3,(H,17,20)(H,18,19). The van der Waals surface area contributed by atoms with Gasteiger partial charge < -0.3 is 36.1 Å². The lowest BCUT2D eigenvalue weighted by Crippen LogP contribution is -2.39. The maximum absolute atomic E-state index is 13.2. The predicted octanol–water partition coefficient (Wildman–Crippen LogP) is 10.8. The smallest absolute Gasteiger partial charge is 0.407 e. The minimum absolute atomic E-state index is 0.0886. The summed E-state index contributed by atoms with van der Waals surface area (Å²) in [5, 5.41) is 15.0. The number of halogens is 1. The lowest BCUT2D eigenvalue weighted by Gasteiger charge is -2.27. The van der Waals surface area contributed by atoms with Gasteiger partial charge in [0, 0.05) is 127 Å². The van der Waals surface area contributed by atoms with Crippen molar-refractivity contribution >= 4 is 51.3 Å². The molecule has 4 amide bonds. The Morgan fingerprint density at radius 3 is 1.08 bits per heavy atom. The van der Waals surface area contributed by atoms with E-state index in [1.165, 1.54) is 0 Å². The lowest BCUT2D eigenvalue weighted by atomic mass is 10.1. The van der Waals surface area contributed by atoms with E-state index < -0.39 is 23.4 Å². The molecule has 0 fully saturated rings. The van der Waals surface area contributed by atoms with Crippen LogP contribution in [0.1, 0.15) is 86.8 Å². The fourth-order valence-corrected chi connectivity index (χ4v) is 8.98. The van der Waals surface area contributed by atoms with Crippen molar-refractivity contribution in [2.75, 3.05) is 61.8 Å². The van der Waals surface area contributed by atoms with E-state index in [1.54, 1.807) is 18.6 Å². The number of nitrogens with one attached hydrogen (secondary N) is 5. The second-order valence-corrected chi connectivity index (χ2v) is 23.8. The monoisotopic (exact) mass is 1300 g/mol. The van der Waals surface area contributed by atoms with Gasteiger partial charge in [0.1, 0.15) is 11.2 Å². The minimum atomic E-state index is -0.532. The Bertz CT molecular complexity index is 3240. The first-order valence-electron chi connectivity index (χ1n) is 30.5. The number of carbonyl (C=O) groups excluding carboxylic acids is 4. The van der Waals surface area contributed by atoms with E-state index in [-0.39, 0.29) is 23.7 Å². The highest BCUT2D eigenvalue weighted by molar-refractivity contribution is 9.09. The van der Waals surface area contributed by atoms with Crippen LogP contribution in [-0.2, 0) is 71.2 Å². The van der Waals surface area contributed by atoms with Crippen LogP contribution in [0.3, 0.4) is 0 Å². The topological polar surface area (TPSA) is 234 Å². The molecular formula is C70H87BrN14O6. The molecule has 0 aliphatic rings. The van der Waals surface area contributed by atoms with E-state index in [4.69, 9.17) is 9.47 Å². The molecule has 0 saturated heterocycles. The number of ether oxygens (including phenoxy) is 2. The Hall–Kier alpha value is -8.86. The molecule has 21 heteroatoms. The Morgan fingerprint density at radius 2 is 0.736 bits per heavy atom. The van der Waals surface area contributed by atoms with Crippen LogP contribution in [0.4, 0.5) is 21.0 Å². The largest absolute Gasteiger partial charge is 0.444 e. The van der Waals surface area contributed by atoms with Gasteiger partial charge in [0.2, 0.25) is 11.8 Å². The summed E-state index contributed by atoms with van der Waals surface area (Å²) in [5.74, 6) is -0.194. The number of pyridine rings is 6. The van der Waals surface area contributed by atoms with Crippen LogP contribution in [0.5, 0.6) is 0 Å². The Balaban J connectivity index is 0.000000240. The molecule has 8 aromatic rings.